The van der Waals surface area contributed by atoms with E-state index in [2.05, 4.69) is 11.4 Å². The average Bonchev–Trinajstić information content (AvgIpc) is 2.69. The summed E-state index contributed by atoms with van der Waals surface area (Å²) in [6.45, 7) is -0.481. The van der Waals surface area contributed by atoms with E-state index in [1.54, 1.807) is 0 Å². The molecule has 2 aliphatic rings. The molecule has 2 fully saturated rings. The van der Waals surface area contributed by atoms with E-state index in [9.17, 15) is 33.7 Å². The van der Waals surface area contributed by atoms with Crippen LogP contribution in [-0.4, -0.2) is 58.2 Å². The van der Waals surface area contributed by atoms with Gasteiger partial charge in [-0.1, -0.05) is 44.9 Å². The van der Waals surface area contributed by atoms with E-state index >= 15 is 0 Å². The summed E-state index contributed by atoms with van der Waals surface area (Å²) in [5.41, 5.74) is 0. The van der Waals surface area contributed by atoms with Crippen molar-refractivity contribution >= 4 is 41.3 Å². The van der Waals surface area contributed by atoms with E-state index in [0.29, 0.717) is 25.7 Å². The summed E-state index contributed by atoms with van der Waals surface area (Å²) in [7, 11) is -18.9. The van der Waals surface area contributed by atoms with Crippen LogP contribution in [0.1, 0.15) is 83.5 Å². The normalized spacial score (nSPS) is 19.9. The zero-order valence-corrected chi connectivity index (χ0v) is 22.0. The Bertz CT molecular complexity index is 951. The van der Waals surface area contributed by atoms with Crippen LogP contribution in [0.3, 0.4) is 0 Å². The fourth-order valence-electron chi connectivity index (χ4n) is 3.69. The maximum atomic E-state index is 11.9. The molecule has 0 radical (unpaired) electrons. The van der Waals surface area contributed by atoms with E-state index in [-0.39, 0.29) is 19.3 Å². The molecule has 34 heavy (non-hydrogen) atoms. The summed E-state index contributed by atoms with van der Waals surface area (Å²) in [6.07, 6.45) is 5.80. The first-order valence-corrected chi connectivity index (χ1v) is 16.8. The van der Waals surface area contributed by atoms with Crippen molar-refractivity contribution in [2.45, 2.75) is 95.7 Å². The highest BCUT2D eigenvalue weighted by molar-refractivity contribution is 7.97. The van der Waals surface area contributed by atoms with Gasteiger partial charge in [-0.05, 0) is 38.5 Å². The van der Waals surface area contributed by atoms with Crippen LogP contribution in [0.5, 0.6) is 0 Å². The van der Waals surface area contributed by atoms with E-state index in [0.717, 1.165) is 38.5 Å². The second-order valence-corrected chi connectivity index (χ2v) is 13.9. The Morgan fingerprint density at radius 3 is 1.50 bits per heavy atom. The molecule has 13 nitrogen and oxygen atoms in total. The minimum absolute atomic E-state index is 0.0208. The smallest absolute Gasteiger partial charge is 0.247 e. The molecule has 0 unspecified atom stereocenters. The topological polar surface area (TPSA) is 183 Å². The molecule has 0 spiro atoms. The van der Waals surface area contributed by atoms with Crippen LogP contribution in [0.15, 0.2) is 0 Å². The Balaban J connectivity index is 1.65. The first kappa shape index (κ1) is 29.8. The maximum Gasteiger partial charge on any atom is 0.416 e. The third-order valence-electron chi connectivity index (χ3n) is 5.23. The second-order valence-electron chi connectivity index (χ2n) is 8.22. The molecule has 17 heteroatoms. The van der Waals surface area contributed by atoms with Crippen LogP contribution in [0, 0.1) is 0 Å². The van der Waals surface area contributed by atoms with Crippen molar-refractivity contribution in [3.8, 4) is 0 Å². The van der Waals surface area contributed by atoms with Crippen LogP contribution in [0.2, 0.25) is 0 Å². The number of hydrogen-bond donors (Lipinski definition) is 0. The van der Waals surface area contributed by atoms with E-state index in [1.165, 1.54) is 0 Å². The van der Waals surface area contributed by atoms with Gasteiger partial charge in [0, 0.05) is 0 Å². The van der Waals surface area contributed by atoms with Crippen molar-refractivity contribution in [1.29, 1.82) is 0 Å². The molecule has 0 aromatic heterocycles. The highest BCUT2D eigenvalue weighted by Crippen LogP contribution is 2.24. The monoisotopic (exact) mass is 572 g/mol. The minimum atomic E-state index is -4.90. The lowest BCUT2D eigenvalue weighted by molar-refractivity contribution is 0.141. The fourth-order valence-corrected chi connectivity index (χ4v) is 8.14. The third-order valence-corrected chi connectivity index (χ3v) is 10.3. The maximum absolute atomic E-state index is 11.9. The van der Waals surface area contributed by atoms with Gasteiger partial charge < -0.3 is 0 Å². The summed E-state index contributed by atoms with van der Waals surface area (Å²) in [5.74, 6) is -0.646. The van der Waals surface area contributed by atoms with Crippen LogP contribution in [0.4, 0.5) is 0 Å². The van der Waals surface area contributed by atoms with Crippen molar-refractivity contribution in [3.63, 3.8) is 0 Å². The van der Waals surface area contributed by atoms with Gasteiger partial charge in [0.2, 0.25) is 0 Å². The molecule has 202 valence electrons. The SMILES string of the molecule is O=S(=O)(CCCCCOS(=O)(=O)OS(=O)(=O)OC1CCCCC1)OS(=O)(=O)OC1CCCCC1. The molecule has 0 amide bonds. The second kappa shape index (κ2) is 13.2. The first-order chi connectivity index (χ1) is 15.8. The fraction of sp³-hybridized carbons (Fsp3) is 1.00. The molecule has 0 aliphatic heterocycles. The Labute approximate surface area is 202 Å². The van der Waals surface area contributed by atoms with Crippen LogP contribution >= 0.6 is 0 Å². The third kappa shape index (κ3) is 12.5. The highest BCUT2D eigenvalue weighted by atomic mass is 32.3. The lowest BCUT2D eigenvalue weighted by Gasteiger charge is -2.20. The van der Waals surface area contributed by atoms with Crippen molar-refractivity contribution in [2.75, 3.05) is 12.4 Å². The highest BCUT2D eigenvalue weighted by Gasteiger charge is 2.30. The summed E-state index contributed by atoms with van der Waals surface area (Å²) < 4.78 is 117. The van der Waals surface area contributed by atoms with Gasteiger partial charge in [-0.3, -0.25) is 0 Å². The Kier molecular flexibility index (Phi) is 11.6. The molecule has 2 aliphatic carbocycles. The minimum Gasteiger partial charge on any atom is -0.247 e. The number of rotatable bonds is 15. The predicted molar refractivity (Wildman–Crippen MR) is 118 cm³/mol. The molecule has 0 saturated heterocycles. The van der Waals surface area contributed by atoms with E-state index < -0.39 is 65.9 Å². The Morgan fingerprint density at radius 1 is 0.529 bits per heavy atom. The van der Waals surface area contributed by atoms with E-state index in [4.69, 9.17) is 8.37 Å². The summed E-state index contributed by atoms with van der Waals surface area (Å²) >= 11 is 0. The Morgan fingerprint density at radius 2 is 1.00 bits per heavy atom. The number of hydrogen-bond acceptors (Lipinski definition) is 13. The van der Waals surface area contributed by atoms with Gasteiger partial charge in [-0.2, -0.15) is 33.7 Å². The quantitative estimate of drug-likeness (QED) is 0.260. The number of unbranched alkanes of at least 4 members (excludes halogenated alkanes) is 2. The van der Waals surface area contributed by atoms with Crippen molar-refractivity contribution in [3.05, 3.63) is 0 Å². The van der Waals surface area contributed by atoms with Gasteiger partial charge in [0.25, 0.3) is 10.1 Å². The summed E-state index contributed by atoms with van der Waals surface area (Å²) in [6, 6.07) is 0. The van der Waals surface area contributed by atoms with Crippen molar-refractivity contribution < 1.29 is 53.5 Å². The van der Waals surface area contributed by atoms with Gasteiger partial charge in [0.05, 0.1) is 24.6 Å². The zero-order valence-electron chi connectivity index (χ0n) is 18.7. The van der Waals surface area contributed by atoms with Gasteiger partial charge in [0.1, 0.15) is 0 Å². The molecule has 2 rings (SSSR count). The van der Waals surface area contributed by atoms with Gasteiger partial charge in [-0.25, -0.2) is 12.5 Å². The lowest BCUT2D eigenvalue weighted by atomic mass is 9.98. The lowest BCUT2D eigenvalue weighted by Crippen LogP contribution is -2.25. The molecular formula is C17H32O13S4. The van der Waals surface area contributed by atoms with Crippen LogP contribution < -0.4 is 0 Å². The van der Waals surface area contributed by atoms with Gasteiger partial charge in [-0.15, -0.1) is 7.26 Å². The molecule has 0 aromatic rings. The predicted octanol–water partition coefficient (Wildman–Crippen LogP) is 1.97. The first-order valence-electron chi connectivity index (χ1n) is 11.2. The van der Waals surface area contributed by atoms with Gasteiger partial charge >= 0.3 is 31.2 Å². The van der Waals surface area contributed by atoms with Crippen LogP contribution in [-0.2, 0) is 61.1 Å². The van der Waals surface area contributed by atoms with Crippen molar-refractivity contribution in [2.24, 2.45) is 0 Å². The van der Waals surface area contributed by atoms with E-state index in [1.807, 2.05) is 0 Å². The van der Waals surface area contributed by atoms with Gasteiger partial charge in [0.15, 0.2) is 0 Å². The molecule has 0 bridgehead atoms. The molecule has 0 atom stereocenters. The average molecular weight is 573 g/mol. The van der Waals surface area contributed by atoms with Crippen molar-refractivity contribution in [1.82, 2.24) is 0 Å². The molecule has 0 aromatic carbocycles. The van der Waals surface area contributed by atoms with Crippen LogP contribution in [0.25, 0.3) is 0 Å². The molecule has 0 N–H and O–H groups in total. The molecule has 2 saturated carbocycles. The summed E-state index contributed by atoms with van der Waals surface area (Å²) in [5, 5.41) is 0. The molecule has 0 heterocycles. The molecular weight excluding hydrogens is 540 g/mol. The standard InChI is InChI=1S/C17H32O13S4/c18-31(19,29-33(22,23)27-16-10-4-1-5-11-16)15-9-3-8-14-26-32(20,21)30-34(24,25)28-17-12-6-2-7-13-17/h16-17H,1-15H2. The largest absolute Gasteiger partial charge is 0.416 e. The zero-order chi connectivity index (χ0) is 25.3. The Hall–Kier alpha value is -0.400. The summed E-state index contributed by atoms with van der Waals surface area (Å²) in [4.78, 5) is 0.